The third-order valence-corrected chi connectivity index (χ3v) is 6.39. The van der Waals surface area contributed by atoms with Crippen molar-refractivity contribution in [2.45, 2.75) is 45.6 Å². The standard InChI is InChI=1S/C26H31FN2O/c1-19(2)26(30)18-21-3-6-22-10-16-29(25(22)17-21)24-11-14-28(15-12-24)13-9-20-4-7-23(27)8-5-20/h3-8,10,16-17,19,24H,9,11-15,18H2,1-2H3. The van der Waals surface area contributed by atoms with Crippen molar-refractivity contribution in [2.75, 3.05) is 19.6 Å². The number of carbonyl (C=O) groups is 1. The molecule has 1 aliphatic heterocycles. The van der Waals surface area contributed by atoms with Crippen molar-refractivity contribution < 1.29 is 9.18 Å². The van der Waals surface area contributed by atoms with Crippen molar-refractivity contribution in [3.05, 3.63) is 71.7 Å². The fraction of sp³-hybridized carbons (Fsp3) is 0.423. The van der Waals surface area contributed by atoms with Crippen LogP contribution in [0.5, 0.6) is 0 Å². The number of rotatable bonds is 7. The Balaban J connectivity index is 1.38. The van der Waals surface area contributed by atoms with Gasteiger partial charge in [-0.3, -0.25) is 4.79 Å². The Morgan fingerprint density at radius 2 is 1.73 bits per heavy atom. The Kier molecular flexibility index (Phi) is 6.33. The molecule has 0 radical (unpaired) electrons. The third kappa shape index (κ3) is 4.81. The Bertz CT molecular complexity index is 998. The van der Waals surface area contributed by atoms with Crippen molar-refractivity contribution in [1.82, 2.24) is 9.47 Å². The van der Waals surface area contributed by atoms with E-state index in [1.54, 1.807) is 12.1 Å². The molecule has 1 aromatic heterocycles. The lowest BCUT2D eigenvalue weighted by Crippen LogP contribution is -2.35. The summed E-state index contributed by atoms with van der Waals surface area (Å²) >= 11 is 0. The predicted molar refractivity (Wildman–Crippen MR) is 120 cm³/mol. The zero-order valence-electron chi connectivity index (χ0n) is 18.0. The normalized spacial score (nSPS) is 15.9. The first-order chi connectivity index (χ1) is 14.5. The topological polar surface area (TPSA) is 25.2 Å². The number of hydrogen-bond acceptors (Lipinski definition) is 2. The van der Waals surface area contributed by atoms with Crippen LogP contribution in [0.3, 0.4) is 0 Å². The van der Waals surface area contributed by atoms with Crippen molar-refractivity contribution in [1.29, 1.82) is 0 Å². The summed E-state index contributed by atoms with van der Waals surface area (Å²) in [6.07, 6.45) is 5.94. The van der Waals surface area contributed by atoms with Crippen LogP contribution in [0.4, 0.5) is 4.39 Å². The minimum atomic E-state index is -0.171. The highest BCUT2D eigenvalue weighted by molar-refractivity contribution is 5.85. The fourth-order valence-electron chi connectivity index (χ4n) is 4.39. The van der Waals surface area contributed by atoms with Gasteiger partial charge in [0.1, 0.15) is 11.6 Å². The molecule has 0 spiro atoms. The van der Waals surface area contributed by atoms with E-state index in [4.69, 9.17) is 0 Å². The highest BCUT2D eigenvalue weighted by Crippen LogP contribution is 2.29. The van der Waals surface area contributed by atoms with Gasteiger partial charge in [0.15, 0.2) is 0 Å². The number of likely N-dealkylation sites (tertiary alicyclic amines) is 1. The van der Waals surface area contributed by atoms with Crippen LogP contribution in [0.2, 0.25) is 0 Å². The molecule has 4 heteroatoms. The average molecular weight is 407 g/mol. The van der Waals surface area contributed by atoms with Crippen LogP contribution >= 0.6 is 0 Å². The number of hydrogen-bond donors (Lipinski definition) is 0. The first-order valence-corrected chi connectivity index (χ1v) is 11.1. The molecule has 4 rings (SSSR count). The Labute approximate surface area is 178 Å². The largest absolute Gasteiger partial charge is 0.344 e. The minimum Gasteiger partial charge on any atom is -0.344 e. The van der Waals surface area contributed by atoms with E-state index in [-0.39, 0.29) is 11.7 Å². The van der Waals surface area contributed by atoms with E-state index in [9.17, 15) is 9.18 Å². The highest BCUT2D eigenvalue weighted by atomic mass is 19.1. The van der Waals surface area contributed by atoms with Gasteiger partial charge < -0.3 is 9.47 Å². The van der Waals surface area contributed by atoms with Crippen molar-refractivity contribution in [3.63, 3.8) is 0 Å². The zero-order chi connectivity index (χ0) is 21.1. The lowest BCUT2D eigenvalue weighted by molar-refractivity contribution is -0.121. The molecule has 3 aromatic rings. The van der Waals surface area contributed by atoms with Gasteiger partial charge in [0.05, 0.1) is 0 Å². The van der Waals surface area contributed by atoms with Gasteiger partial charge >= 0.3 is 0 Å². The fourth-order valence-corrected chi connectivity index (χ4v) is 4.39. The van der Waals surface area contributed by atoms with Crippen LogP contribution in [0.1, 0.15) is 43.9 Å². The Morgan fingerprint density at radius 1 is 1.03 bits per heavy atom. The summed E-state index contributed by atoms with van der Waals surface area (Å²) in [4.78, 5) is 14.7. The molecular formula is C26H31FN2O. The summed E-state index contributed by atoms with van der Waals surface area (Å²) in [5.41, 5.74) is 3.55. The summed E-state index contributed by atoms with van der Waals surface area (Å²) in [5.74, 6) is 0.198. The molecule has 1 fully saturated rings. The van der Waals surface area contributed by atoms with Gasteiger partial charge in [-0.25, -0.2) is 4.39 Å². The van der Waals surface area contributed by atoms with Gasteiger partial charge in [0.2, 0.25) is 0 Å². The molecule has 1 saturated heterocycles. The second-order valence-electron chi connectivity index (χ2n) is 8.86. The summed E-state index contributed by atoms with van der Waals surface area (Å²) in [7, 11) is 0. The van der Waals surface area contributed by atoms with Crippen LogP contribution in [0, 0.1) is 11.7 Å². The monoisotopic (exact) mass is 406 g/mol. The SMILES string of the molecule is CC(C)C(=O)Cc1ccc2ccn(C3CCN(CCc4ccc(F)cc4)CC3)c2c1. The lowest BCUT2D eigenvalue weighted by Gasteiger charge is -2.33. The number of halogens is 1. The number of ketones is 1. The number of piperidine rings is 1. The van der Waals surface area contributed by atoms with E-state index in [2.05, 4.69) is 39.9 Å². The molecule has 0 saturated carbocycles. The van der Waals surface area contributed by atoms with Gasteiger partial charge in [-0.1, -0.05) is 38.1 Å². The molecular weight excluding hydrogens is 375 g/mol. The van der Waals surface area contributed by atoms with Crippen LogP contribution in [0.25, 0.3) is 10.9 Å². The number of benzene rings is 2. The summed E-state index contributed by atoms with van der Waals surface area (Å²) in [5, 5.41) is 1.24. The summed E-state index contributed by atoms with van der Waals surface area (Å²) < 4.78 is 15.5. The molecule has 158 valence electrons. The Morgan fingerprint density at radius 3 is 2.43 bits per heavy atom. The molecule has 0 bridgehead atoms. The van der Waals surface area contributed by atoms with Gasteiger partial charge in [-0.05, 0) is 60.0 Å². The molecule has 30 heavy (non-hydrogen) atoms. The second kappa shape index (κ2) is 9.13. The number of carbonyl (C=O) groups excluding carboxylic acids is 1. The van der Waals surface area contributed by atoms with Crippen molar-refractivity contribution >= 4 is 16.7 Å². The summed E-state index contributed by atoms with van der Waals surface area (Å²) in [6, 6.07) is 16.0. The number of nitrogens with zero attached hydrogens (tertiary/aromatic N) is 2. The first-order valence-electron chi connectivity index (χ1n) is 11.1. The van der Waals surface area contributed by atoms with Gasteiger partial charge in [0.25, 0.3) is 0 Å². The van der Waals surface area contributed by atoms with Crippen LogP contribution in [-0.2, 0) is 17.6 Å². The number of fused-ring (bicyclic) bond motifs is 1. The quantitative estimate of drug-likeness (QED) is 0.523. The maximum Gasteiger partial charge on any atom is 0.139 e. The second-order valence-corrected chi connectivity index (χ2v) is 8.86. The highest BCUT2D eigenvalue weighted by Gasteiger charge is 2.21. The minimum absolute atomic E-state index is 0.0757. The van der Waals surface area contributed by atoms with E-state index in [0.717, 1.165) is 44.5 Å². The van der Waals surface area contributed by atoms with Gasteiger partial charge in [-0.15, -0.1) is 0 Å². The van der Waals surface area contributed by atoms with E-state index in [1.165, 1.54) is 16.5 Å². The maximum atomic E-state index is 13.1. The Hall–Kier alpha value is -2.46. The molecule has 2 aromatic carbocycles. The van der Waals surface area contributed by atoms with Crippen LogP contribution in [-0.4, -0.2) is 34.9 Å². The molecule has 0 N–H and O–H groups in total. The predicted octanol–water partition coefficient (Wildman–Crippen LogP) is 5.43. The molecule has 2 heterocycles. The average Bonchev–Trinajstić information content (AvgIpc) is 3.17. The molecule has 0 aliphatic carbocycles. The smallest absolute Gasteiger partial charge is 0.139 e. The zero-order valence-corrected chi connectivity index (χ0v) is 18.0. The van der Waals surface area contributed by atoms with Crippen molar-refractivity contribution in [2.24, 2.45) is 5.92 Å². The van der Waals surface area contributed by atoms with Gasteiger partial charge in [-0.2, -0.15) is 0 Å². The first kappa shape index (κ1) is 20.8. The summed E-state index contributed by atoms with van der Waals surface area (Å²) in [6.45, 7) is 7.11. The van der Waals surface area contributed by atoms with E-state index in [0.29, 0.717) is 18.2 Å². The maximum absolute atomic E-state index is 13.1. The molecule has 0 atom stereocenters. The molecule has 3 nitrogen and oxygen atoms in total. The van der Waals surface area contributed by atoms with E-state index < -0.39 is 0 Å². The molecule has 1 aliphatic rings. The molecule has 0 amide bonds. The van der Waals surface area contributed by atoms with Crippen LogP contribution in [0.15, 0.2) is 54.7 Å². The lowest BCUT2D eigenvalue weighted by atomic mass is 10.00. The molecule has 0 unspecified atom stereocenters. The van der Waals surface area contributed by atoms with E-state index in [1.807, 2.05) is 26.0 Å². The number of Topliss-reactive ketones (excluding diaryl/α,β-unsaturated/α-hetero) is 1. The van der Waals surface area contributed by atoms with Crippen molar-refractivity contribution in [3.8, 4) is 0 Å². The third-order valence-electron chi connectivity index (χ3n) is 6.39. The van der Waals surface area contributed by atoms with Gasteiger partial charge in [0, 0.05) is 49.7 Å². The number of aromatic nitrogens is 1. The van der Waals surface area contributed by atoms with Crippen LogP contribution < -0.4 is 0 Å². The van der Waals surface area contributed by atoms with E-state index >= 15 is 0 Å².